The van der Waals surface area contributed by atoms with Gasteiger partial charge in [0.1, 0.15) is 17.9 Å². The number of anilines is 1. The van der Waals surface area contributed by atoms with Crippen LogP contribution in [0.1, 0.15) is 11.1 Å². The van der Waals surface area contributed by atoms with Crippen LogP contribution >= 0.6 is 47.0 Å². The van der Waals surface area contributed by atoms with Crippen LogP contribution < -0.4 is 15.0 Å². The van der Waals surface area contributed by atoms with Gasteiger partial charge in [0.25, 0.3) is 11.8 Å². The first-order valence-electron chi connectivity index (χ1n) is 9.67. The number of thiocarbonyl (C=S) groups is 1. The van der Waals surface area contributed by atoms with E-state index in [-0.39, 0.29) is 33.0 Å². The van der Waals surface area contributed by atoms with Crippen LogP contribution in [-0.4, -0.2) is 16.9 Å². The van der Waals surface area contributed by atoms with Crippen LogP contribution in [0.25, 0.3) is 6.08 Å². The Kier molecular flexibility index (Phi) is 7.00. The predicted octanol–water partition coefficient (Wildman–Crippen LogP) is 6.06. The average Bonchev–Trinajstić information content (AvgIpc) is 2.79. The molecule has 0 aromatic heterocycles. The zero-order chi connectivity index (χ0) is 23.5. The van der Waals surface area contributed by atoms with Crippen molar-refractivity contribution in [1.29, 1.82) is 0 Å². The van der Waals surface area contributed by atoms with Crippen LogP contribution in [0.4, 0.5) is 5.69 Å². The summed E-state index contributed by atoms with van der Waals surface area (Å²) in [5, 5.41) is 3.49. The van der Waals surface area contributed by atoms with E-state index < -0.39 is 11.8 Å². The molecular formula is C24H15Cl3N2O3S. The Morgan fingerprint density at radius 2 is 1.67 bits per heavy atom. The summed E-state index contributed by atoms with van der Waals surface area (Å²) in [5.41, 5.74) is 1.62. The van der Waals surface area contributed by atoms with Crippen LogP contribution in [0.3, 0.4) is 0 Å². The summed E-state index contributed by atoms with van der Waals surface area (Å²) in [6.07, 6.45) is 1.46. The van der Waals surface area contributed by atoms with Gasteiger partial charge < -0.3 is 4.74 Å². The third kappa shape index (κ3) is 5.04. The summed E-state index contributed by atoms with van der Waals surface area (Å²) < 4.78 is 5.93. The van der Waals surface area contributed by atoms with Gasteiger partial charge in [0, 0.05) is 10.6 Å². The molecule has 1 fully saturated rings. The number of rotatable bonds is 5. The molecule has 4 rings (SSSR count). The highest BCUT2D eigenvalue weighted by Gasteiger charge is 2.35. The van der Waals surface area contributed by atoms with Crippen LogP contribution in [0.5, 0.6) is 5.75 Å². The molecule has 0 saturated carbocycles. The lowest BCUT2D eigenvalue weighted by molar-refractivity contribution is -0.122. The second-order valence-corrected chi connectivity index (χ2v) is 8.59. The molecule has 0 bridgehead atoms. The topological polar surface area (TPSA) is 58.6 Å². The summed E-state index contributed by atoms with van der Waals surface area (Å²) in [6, 6.07) is 19.2. The monoisotopic (exact) mass is 516 g/mol. The van der Waals surface area contributed by atoms with Crippen molar-refractivity contribution in [2.75, 3.05) is 4.90 Å². The lowest BCUT2D eigenvalue weighted by atomic mass is 10.1. The molecule has 1 saturated heterocycles. The number of carbonyl (C=O) groups excluding carboxylic acids is 2. The molecule has 0 atom stereocenters. The molecule has 0 spiro atoms. The lowest BCUT2D eigenvalue weighted by Crippen LogP contribution is -2.54. The van der Waals surface area contributed by atoms with E-state index in [4.69, 9.17) is 51.8 Å². The van der Waals surface area contributed by atoms with E-state index in [0.29, 0.717) is 16.3 Å². The Hall–Kier alpha value is -2.90. The van der Waals surface area contributed by atoms with Gasteiger partial charge in [-0.2, -0.15) is 0 Å². The van der Waals surface area contributed by atoms with Crippen LogP contribution in [0.2, 0.25) is 15.1 Å². The van der Waals surface area contributed by atoms with E-state index in [9.17, 15) is 9.59 Å². The quantitative estimate of drug-likeness (QED) is 0.254. The summed E-state index contributed by atoms with van der Waals surface area (Å²) in [5.74, 6) is -0.742. The van der Waals surface area contributed by atoms with E-state index >= 15 is 0 Å². The van der Waals surface area contributed by atoms with E-state index in [0.717, 1.165) is 10.5 Å². The Labute approximate surface area is 210 Å². The molecule has 0 radical (unpaired) electrons. The zero-order valence-corrected chi connectivity index (χ0v) is 19.9. The fraction of sp³-hybridized carbons (Fsp3) is 0.0417. The number of benzene rings is 3. The normalized spacial score (nSPS) is 15.1. The molecule has 5 nitrogen and oxygen atoms in total. The maximum atomic E-state index is 13.3. The summed E-state index contributed by atoms with van der Waals surface area (Å²) in [6.45, 7) is 0.284. The van der Waals surface area contributed by atoms with Gasteiger partial charge in [0.2, 0.25) is 0 Å². The standard InChI is InChI=1S/C24H15Cl3N2O3S/c25-16-10-8-14(9-11-16)13-32-20-7-2-1-4-15(20)12-17-22(30)28-24(33)29(23(17)31)19-6-3-5-18(26)21(19)27/h1-12H,13H2,(H,28,30,33)/b17-12+. The van der Waals surface area contributed by atoms with Crippen molar-refractivity contribution in [2.24, 2.45) is 0 Å². The summed E-state index contributed by atoms with van der Waals surface area (Å²) in [7, 11) is 0. The number of hydrogen-bond donors (Lipinski definition) is 1. The molecule has 0 unspecified atom stereocenters. The van der Waals surface area contributed by atoms with Gasteiger partial charge in [-0.15, -0.1) is 0 Å². The number of amides is 2. The first kappa shape index (κ1) is 23.3. The van der Waals surface area contributed by atoms with Gasteiger partial charge >= 0.3 is 0 Å². The molecule has 2 amide bonds. The maximum absolute atomic E-state index is 13.3. The smallest absolute Gasteiger partial charge is 0.270 e. The van der Waals surface area contributed by atoms with E-state index in [1.807, 2.05) is 12.1 Å². The van der Waals surface area contributed by atoms with Gasteiger partial charge in [-0.05, 0) is 54.2 Å². The van der Waals surface area contributed by atoms with Gasteiger partial charge in [0.15, 0.2) is 5.11 Å². The first-order valence-corrected chi connectivity index (χ1v) is 11.2. The molecule has 1 aliphatic rings. The largest absolute Gasteiger partial charge is 0.488 e. The Morgan fingerprint density at radius 1 is 0.939 bits per heavy atom. The minimum Gasteiger partial charge on any atom is -0.488 e. The highest BCUT2D eigenvalue weighted by atomic mass is 35.5. The SMILES string of the molecule is O=C1NC(=S)N(c2cccc(Cl)c2Cl)C(=O)/C1=C/c1ccccc1OCc1ccc(Cl)cc1. The van der Waals surface area contributed by atoms with Gasteiger partial charge in [0.05, 0.1) is 15.7 Å². The first-order chi connectivity index (χ1) is 15.8. The lowest BCUT2D eigenvalue weighted by Gasteiger charge is -2.29. The minimum atomic E-state index is -0.625. The second kappa shape index (κ2) is 9.93. The number of carbonyl (C=O) groups is 2. The Morgan fingerprint density at radius 3 is 2.42 bits per heavy atom. The fourth-order valence-electron chi connectivity index (χ4n) is 3.17. The molecule has 166 valence electrons. The van der Waals surface area contributed by atoms with Crippen molar-refractivity contribution < 1.29 is 14.3 Å². The van der Waals surface area contributed by atoms with Crippen molar-refractivity contribution in [1.82, 2.24) is 5.32 Å². The molecule has 3 aromatic carbocycles. The number of nitrogens with one attached hydrogen (secondary N) is 1. The number of hydrogen-bond acceptors (Lipinski definition) is 4. The molecule has 1 heterocycles. The Balaban J connectivity index is 1.66. The number of para-hydroxylation sites is 1. The minimum absolute atomic E-state index is 0.0846. The Bertz CT molecular complexity index is 1290. The summed E-state index contributed by atoms with van der Waals surface area (Å²) in [4.78, 5) is 27.1. The molecule has 3 aromatic rings. The van der Waals surface area contributed by atoms with Crippen molar-refractivity contribution in [3.8, 4) is 5.75 Å². The highest BCUT2D eigenvalue weighted by Crippen LogP contribution is 2.34. The van der Waals surface area contributed by atoms with Crippen LogP contribution in [0.15, 0.2) is 72.3 Å². The number of nitrogens with zero attached hydrogens (tertiary/aromatic N) is 1. The van der Waals surface area contributed by atoms with Crippen molar-refractivity contribution in [2.45, 2.75) is 6.61 Å². The third-order valence-electron chi connectivity index (χ3n) is 4.80. The van der Waals surface area contributed by atoms with Gasteiger partial charge in [-0.25, -0.2) is 0 Å². The van der Waals surface area contributed by atoms with E-state index in [1.165, 1.54) is 6.08 Å². The third-order valence-corrected chi connectivity index (χ3v) is 6.15. The zero-order valence-electron chi connectivity index (χ0n) is 16.8. The molecule has 33 heavy (non-hydrogen) atoms. The molecule has 1 N–H and O–H groups in total. The number of halogens is 3. The van der Waals surface area contributed by atoms with Gasteiger partial charge in [-0.1, -0.05) is 71.2 Å². The molecule has 0 aliphatic carbocycles. The van der Waals surface area contributed by atoms with Crippen molar-refractivity contribution in [3.63, 3.8) is 0 Å². The fourth-order valence-corrected chi connectivity index (χ4v) is 3.95. The molecule has 1 aliphatic heterocycles. The average molecular weight is 518 g/mol. The molecule has 9 heteroatoms. The highest BCUT2D eigenvalue weighted by molar-refractivity contribution is 7.80. The number of ether oxygens (including phenoxy) is 1. The molecular weight excluding hydrogens is 503 g/mol. The second-order valence-electron chi connectivity index (χ2n) is 6.98. The maximum Gasteiger partial charge on any atom is 0.270 e. The predicted molar refractivity (Wildman–Crippen MR) is 135 cm³/mol. The van der Waals surface area contributed by atoms with Crippen LogP contribution in [0, 0.1) is 0 Å². The summed E-state index contributed by atoms with van der Waals surface area (Å²) >= 11 is 23.5. The van der Waals surface area contributed by atoms with Crippen LogP contribution in [-0.2, 0) is 16.2 Å². The van der Waals surface area contributed by atoms with E-state index in [2.05, 4.69) is 5.32 Å². The van der Waals surface area contributed by atoms with Crippen molar-refractivity contribution >= 4 is 75.7 Å². The van der Waals surface area contributed by atoms with Gasteiger partial charge in [-0.3, -0.25) is 19.8 Å². The van der Waals surface area contributed by atoms with Crippen molar-refractivity contribution in [3.05, 3.63) is 98.5 Å². The van der Waals surface area contributed by atoms with E-state index in [1.54, 1.807) is 54.6 Å².